The number of nitriles is 2. The zero-order valence-electron chi connectivity index (χ0n) is 16.0. The quantitative estimate of drug-likeness (QED) is 0.747. The predicted molar refractivity (Wildman–Crippen MR) is 104 cm³/mol. The van der Waals surface area contributed by atoms with Gasteiger partial charge in [-0.05, 0) is 38.5 Å². The molecular weight excluding hydrogens is 364 g/mol. The Labute approximate surface area is 168 Å². The van der Waals surface area contributed by atoms with Crippen molar-refractivity contribution in [1.29, 1.82) is 10.5 Å². The van der Waals surface area contributed by atoms with Crippen LogP contribution in [0.25, 0.3) is 0 Å². The molecule has 0 aromatic rings. The van der Waals surface area contributed by atoms with Gasteiger partial charge in [-0.2, -0.15) is 10.5 Å². The molecule has 0 radical (unpaired) electrons. The smallest absolute Gasteiger partial charge is 0.238 e. The van der Waals surface area contributed by atoms with Crippen LogP contribution in [0.2, 0.25) is 0 Å². The lowest BCUT2D eigenvalue weighted by atomic mass is 9.96. The summed E-state index contributed by atoms with van der Waals surface area (Å²) in [4.78, 5) is 14.2. The maximum atomic E-state index is 12.7. The van der Waals surface area contributed by atoms with Crippen molar-refractivity contribution < 1.29 is 9.53 Å². The predicted octanol–water partition coefficient (Wildman–Crippen LogP) is 3.07. The molecule has 7 heteroatoms. The number of carbonyl (C=O) groups is 1. The highest BCUT2D eigenvalue weighted by Gasteiger charge is 2.39. The first-order valence-corrected chi connectivity index (χ1v) is 10.1. The standard InChI is InChI=1S/C20H30N4O2.ClH/c21-12-16-8-9-17(13-22)24(16)19(25)14-23-20(10-4-5-11-20)15-26-18-6-2-1-3-7-18;/h16-18,23H,1-11,14-15H2;1H/t16-,17+;. The molecule has 3 aliphatic rings. The van der Waals surface area contributed by atoms with Crippen molar-refractivity contribution >= 4 is 18.3 Å². The monoisotopic (exact) mass is 394 g/mol. The Morgan fingerprint density at radius 2 is 1.59 bits per heavy atom. The molecule has 1 aliphatic heterocycles. The van der Waals surface area contributed by atoms with Crippen molar-refractivity contribution in [2.45, 2.75) is 94.4 Å². The Hall–Kier alpha value is -1.34. The van der Waals surface area contributed by atoms with Crippen LogP contribution in [-0.2, 0) is 9.53 Å². The molecule has 1 N–H and O–H groups in total. The summed E-state index contributed by atoms with van der Waals surface area (Å²) < 4.78 is 6.22. The van der Waals surface area contributed by atoms with E-state index in [0.717, 1.165) is 38.5 Å². The lowest BCUT2D eigenvalue weighted by Gasteiger charge is -2.34. The first kappa shape index (κ1) is 22.0. The van der Waals surface area contributed by atoms with E-state index in [1.54, 1.807) is 0 Å². The molecule has 1 saturated heterocycles. The third-order valence-electron chi connectivity index (χ3n) is 6.29. The van der Waals surface area contributed by atoms with E-state index < -0.39 is 12.1 Å². The molecule has 3 rings (SSSR count). The number of rotatable bonds is 6. The summed E-state index contributed by atoms with van der Waals surface area (Å²) in [6.45, 7) is 0.846. The van der Waals surface area contributed by atoms with Crippen molar-refractivity contribution in [2.75, 3.05) is 13.2 Å². The van der Waals surface area contributed by atoms with Gasteiger partial charge in [-0.25, -0.2) is 0 Å². The van der Waals surface area contributed by atoms with Crippen LogP contribution in [0.5, 0.6) is 0 Å². The second-order valence-electron chi connectivity index (χ2n) is 8.08. The zero-order valence-corrected chi connectivity index (χ0v) is 16.8. The molecular formula is C20H31ClN4O2. The Kier molecular flexibility index (Phi) is 8.35. The summed E-state index contributed by atoms with van der Waals surface area (Å²) in [5.41, 5.74) is -0.128. The number of carbonyl (C=O) groups excluding carboxylic acids is 1. The summed E-state index contributed by atoms with van der Waals surface area (Å²) in [6.07, 6.45) is 12.0. The highest BCUT2D eigenvalue weighted by Crippen LogP contribution is 2.32. The molecule has 2 saturated carbocycles. The molecule has 150 valence electrons. The van der Waals surface area contributed by atoms with Crippen LogP contribution < -0.4 is 5.32 Å². The van der Waals surface area contributed by atoms with E-state index in [2.05, 4.69) is 17.5 Å². The molecule has 0 aromatic heterocycles. The molecule has 2 aliphatic carbocycles. The van der Waals surface area contributed by atoms with Crippen LogP contribution in [0.15, 0.2) is 0 Å². The van der Waals surface area contributed by atoms with Gasteiger partial charge in [0.05, 0.1) is 31.4 Å². The summed E-state index contributed by atoms with van der Waals surface area (Å²) in [5, 5.41) is 22.0. The molecule has 6 nitrogen and oxygen atoms in total. The summed E-state index contributed by atoms with van der Waals surface area (Å²) in [6, 6.07) is 3.40. The molecule has 0 aromatic carbocycles. The second-order valence-corrected chi connectivity index (χ2v) is 8.08. The summed E-state index contributed by atoms with van der Waals surface area (Å²) >= 11 is 0. The van der Waals surface area contributed by atoms with E-state index in [4.69, 9.17) is 4.74 Å². The van der Waals surface area contributed by atoms with Gasteiger partial charge in [0.15, 0.2) is 0 Å². The first-order chi connectivity index (χ1) is 12.7. The maximum Gasteiger partial charge on any atom is 0.238 e. The topological polar surface area (TPSA) is 89.2 Å². The highest BCUT2D eigenvalue weighted by molar-refractivity contribution is 5.85. The van der Waals surface area contributed by atoms with Gasteiger partial charge < -0.3 is 15.0 Å². The average molecular weight is 395 g/mol. The number of halogens is 1. The van der Waals surface area contributed by atoms with Crippen molar-refractivity contribution in [3.05, 3.63) is 0 Å². The number of hydrogen-bond acceptors (Lipinski definition) is 5. The highest BCUT2D eigenvalue weighted by atomic mass is 35.5. The number of nitrogens with one attached hydrogen (secondary N) is 1. The average Bonchev–Trinajstić information content (AvgIpc) is 3.32. The van der Waals surface area contributed by atoms with E-state index in [1.807, 2.05) is 0 Å². The van der Waals surface area contributed by atoms with E-state index in [0.29, 0.717) is 25.6 Å². The normalized spacial score (nSPS) is 27.6. The fourth-order valence-electron chi connectivity index (χ4n) is 4.70. The minimum absolute atomic E-state index is 0. The number of likely N-dealkylation sites (tertiary alicyclic amines) is 1. The van der Waals surface area contributed by atoms with Crippen LogP contribution >= 0.6 is 12.4 Å². The fourth-order valence-corrected chi connectivity index (χ4v) is 4.70. The molecule has 3 fully saturated rings. The molecule has 0 unspecified atom stereocenters. The molecule has 0 spiro atoms. The Morgan fingerprint density at radius 3 is 2.15 bits per heavy atom. The summed E-state index contributed by atoms with van der Waals surface area (Å²) in [7, 11) is 0. The van der Waals surface area contributed by atoms with Gasteiger partial charge in [0.25, 0.3) is 0 Å². The molecule has 27 heavy (non-hydrogen) atoms. The Morgan fingerprint density at radius 1 is 1.00 bits per heavy atom. The van der Waals surface area contributed by atoms with E-state index in [-0.39, 0.29) is 30.4 Å². The van der Waals surface area contributed by atoms with E-state index in [1.165, 1.54) is 24.2 Å². The van der Waals surface area contributed by atoms with Crippen LogP contribution in [0.4, 0.5) is 0 Å². The number of hydrogen-bond donors (Lipinski definition) is 1. The van der Waals surface area contributed by atoms with Gasteiger partial charge in [-0.1, -0.05) is 32.1 Å². The van der Waals surface area contributed by atoms with Gasteiger partial charge >= 0.3 is 0 Å². The third kappa shape index (κ3) is 5.35. The molecule has 1 heterocycles. The number of ether oxygens (including phenoxy) is 1. The van der Waals surface area contributed by atoms with Gasteiger partial charge in [0, 0.05) is 5.54 Å². The lowest BCUT2D eigenvalue weighted by molar-refractivity contribution is -0.132. The van der Waals surface area contributed by atoms with Gasteiger partial charge in [-0.3, -0.25) is 4.79 Å². The Bertz CT molecular complexity index is 552. The largest absolute Gasteiger partial charge is 0.376 e. The van der Waals surface area contributed by atoms with E-state index >= 15 is 0 Å². The fraction of sp³-hybridized carbons (Fsp3) is 0.850. The van der Waals surface area contributed by atoms with Crippen LogP contribution in [-0.4, -0.2) is 47.7 Å². The van der Waals surface area contributed by atoms with Crippen molar-refractivity contribution in [3.8, 4) is 12.1 Å². The molecule has 2 atom stereocenters. The molecule has 1 amide bonds. The van der Waals surface area contributed by atoms with Gasteiger partial charge in [0.2, 0.25) is 5.91 Å². The van der Waals surface area contributed by atoms with Crippen LogP contribution in [0.3, 0.4) is 0 Å². The lowest BCUT2D eigenvalue weighted by Crippen LogP contribution is -2.53. The van der Waals surface area contributed by atoms with Crippen LogP contribution in [0.1, 0.15) is 70.6 Å². The number of nitrogens with zero attached hydrogens (tertiary/aromatic N) is 3. The maximum absolute atomic E-state index is 12.7. The zero-order chi connectivity index (χ0) is 18.4. The SMILES string of the molecule is Cl.N#C[C@@H]1CC[C@H](C#N)N1C(=O)CNC1(COC2CCCCC2)CCCC1. The molecule has 0 bridgehead atoms. The number of amides is 1. The van der Waals surface area contributed by atoms with Crippen molar-refractivity contribution in [3.63, 3.8) is 0 Å². The summed E-state index contributed by atoms with van der Waals surface area (Å²) in [5.74, 6) is -0.135. The first-order valence-electron chi connectivity index (χ1n) is 10.1. The van der Waals surface area contributed by atoms with Crippen molar-refractivity contribution in [2.24, 2.45) is 0 Å². The minimum Gasteiger partial charge on any atom is -0.376 e. The second kappa shape index (κ2) is 10.3. The van der Waals surface area contributed by atoms with Gasteiger partial charge in [-0.15, -0.1) is 12.4 Å². The van der Waals surface area contributed by atoms with Crippen molar-refractivity contribution in [1.82, 2.24) is 10.2 Å². The third-order valence-corrected chi connectivity index (χ3v) is 6.29. The Balaban J connectivity index is 0.00000261. The minimum atomic E-state index is -0.466. The van der Waals surface area contributed by atoms with Gasteiger partial charge in [0.1, 0.15) is 12.1 Å². The van der Waals surface area contributed by atoms with E-state index in [9.17, 15) is 15.3 Å². The van der Waals surface area contributed by atoms with Crippen LogP contribution in [0, 0.1) is 22.7 Å².